The molecule has 0 atom stereocenters. The molecule has 0 saturated carbocycles. The van der Waals surface area contributed by atoms with Crippen molar-refractivity contribution in [3.8, 4) is 22.5 Å². The van der Waals surface area contributed by atoms with E-state index in [1.54, 1.807) is 0 Å². The van der Waals surface area contributed by atoms with E-state index in [0.717, 1.165) is 45.0 Å². The van der Waals surface area contributed by atoms with E-state index in [4.69, 9.17) is 51.4 Å². The molecule has 4 nitrogen and oxygen atoms in total. The molecule has 0 unspecified atom stereocenters. The quantitative estimate of drug-likeness (QED) is 0.172. The summed E-state index contributed by atoms with van der Waals surface area (Å²) in [6, 6.07) is 51.6. The van der Waals surface area contributed by atoms with Crippen LogP contribution in [-0.2, 0) is 5.66 Å². The monoisotopic (exact) mass is 728 g/mol. The van der Waals surface area contributed by atoms with Crippen LogP contribution in [0.15, 0.2) is 158 Å². The Balaban J connectivity index is 1.55. The summed E-state index contributed by atoms with van der Waals surface area (Å²) < 4.78 is 0. The van der Waals surface area contributed by atoms with Gasteiger partial charge in [0.05, 0.1) is 22.8 Å². The molecule has 7 aromatic rings. The van der Waals surface area contributed by atoms with E-state index in [9.17, 15) is 0 Å². The lowest BCUT2D eigenvalue weighted by Crippen LogP contribution is -2.52. The van der Waals surface area contributed by atoms with Gasteiger partial charge in [-0.2, -0.15) is 0 Å². The highest BCUT2D eigenvalue weighted by atomic mass is 35.5. The maximum absolute atomic E-state index is 7.24. The molecule has 0 spiro atoms. The Morgan fingerprint density at radius 3 is 1.36 bits per heavy atom. The average molecular weight is 731 g/mol. The Hall–Kier alpha value is -4.97. The Labute approximate surface area is 310 Å². The van der Waals surface area contributed by atoms with Gasteiger partial charge in [0.2, 0.25) is 5.95 Å². The predicted molar refractivity (Wildman–Crippen MR) is 208 cm³/mol. The number of hydrogen-bond acceptors (Lipinski definition) is 3. The molecule has 1 aromatic heterocycles. The number of aromatic amines is 1. The van der Waals surface area contributed by atoms with E-state index < -0.39 is 5.66 Å². The van der Waals surface area contributed by atoms with Crippen LogP contribution in [0.25, 0.3) is 33.9 Å². The van der Waals surface area contributed by atoms with Crippen LogP contribution < -0.4 is 10.2 Å². The lowest BCUT2D eigenvalue weighted by molar-refractivity contribution is 0.496. The molecule has 1 aliphatic rings. The lowest BCUT2D eigenvalue weighted by Gasteiger charge is -2.42. The zero-order chi connectivity index (χ0) is 34.2. The third-order valence-electron chi connectivity index (χ3n) is 8.87. The molecule has 0 saturated heterocycles. The first-order chi connectivity index (χ1) is 24.5. The third kappa shape index (κ3) is 5.46. The van der Waals surface area contributed by atoms with E-state index in [2.05, 4.69) is 63.7 Å². The van der Waals surface area contributed by atoms with Crippen LogP contribution in [0.2, 0.25) is 20.1 Å². The van der Waals surface area contributed by atoms with Crippen molar-refractivity contribution in [3.63, 3.8) is 0 Å². The molecule has 8 rings (SSSR count). The standard InChI is InChI=1S/C42H28Cl4N4/c43-31-23-13-24-32(44)35(31)42(36-33(45)25-14-26-34(36)46)49-39(29-19-9-3-10-20-29)40(30-21-11-4-12-22-30)50(42)41-47-37(27-15-5-1-6-16-27)38(48-41)28-17-7-2-8-18-28/h1-26,49H,(H,47,48). The zero-order valence-electron chi connectivity index (χ0n) is 26.4. The molecule has 0 fully saturated rings. The topological polar surface area (TPSA) is 44.0 Å². The fourth-order valence-electron chi connectivity index (χ4n) is 6.77. The van der Waals surface area contributed by atoms with Gasteiger partial charge in [-0.1, -0.05) is 180 Å². The Morgan fingerprint density at radius 1 is 0.460 bits per heavy atom. The number of anilines is 1. The number of aromatic nitrogens is 2. The van der Waals surface area contributed by atoms with Crippen molar-refractivity contribution < 1.29 is 0 Å². The van der Waals surface area contributed by atoms with Crippen LogP contribution in [0.3, 0.4) is 0 Å². The summed E-state index contributed by atoms with van der Waals surface area (Å²) in [5, 5.41) is 5.62. The van der Waals surface area contributed by atoms with Gasteiger partial charge in [-0.15, -0.1) is 0 Å². The Kier molecular flexibility index (Phi) is 8.64. The van der Waals surface area contributed by atoms with Gasteiger partial charge in [0, 0.05) is 47.9 Å². The predicted octanol–water partition coefficient (Wildman–Crippen LogP) is 12.2. The molecule has 50 heavy (non-hydrogen) atoms. The molecular weight excluding hydrogens is 702 g/mol. The Bertz CT molecular complexity index is 2190. The minimum absolute atomic E-state index is 0.422. The second kappa shape index (κ2) is 13.4. The average Bonchev–Trinajstić information content (AvgIpc) is 3.74. The van der Waals surface area contributed by atoms with Crippen molar-refractivity contribution in [3.05, 3.63) is 200 Å². The van der Waals surface area contributed by atoms with Crippen molar-refractivity contribution in [2.45, 2.75) is 5.66 Å². The van der Waals surface area contributed by atoms with Crippen molar-refractivity contribution in [2.75, 3.05) is 4.90 Å². The minimum atomic E-state index is -1.40. The van der Waals surface area contributed by atoms with Gasteiger partial charge in [0.1, 0.15) is 0 Å². The summed E-state index contributed by atoms with van der Waals surface area (Å²) in [6.07, 6.45) is 0. The molecule has 0 aliphatic carbocycles. The van der Waals surface area contributed by atoms with E-state index >= 15 is 0 Å². The molecule has 6 aromatic carbocycles. The fourth-order valence-corrected chi connectivity index (χ4v) is 8.11. The first-order valence-corrected chi connectivity index (χ1v) is 17.5. The van der Waals surface area contributed by atoms with Crippen LogP contribution >= 0.6 is 46.4 Å². The van der Waals surface area contributed by atoms with Crippen molar-refractivity contribution >= 4 is 63.7 Å². The highest BCUT2D eigenvalue weighted by Crippen LogP contribution is 2.55. The fraction of sp³-hybridized carbons (Fsp3) is 0.0238. The molecule has 2 heterocycles. The van der Waals surface area contributed by atoms with Crippen molar-refractivity contribution in [1.82, 2.24) is 15.3 Å². The number of benzene rings is 6. The van der Waals surface area contributed by atoms with Gasteiger partial charge in [-0.3, -0.25) is 4.90 Å². The number of hydrogen-bond donors (Lipinski definition) is 2. The first-order valence-electron chi connectivity index (χ1n) is 16.0. The first kappa shape index (κ1) is 32.2. The van der Waals surface area contributed by atoms with Gasteiger partial charge in [-0.05, 0) is 29.8 Å². The summed E-state index contributed by atoms with van der Waals surface area (Å²) >= 11 is 28.9. The summed E-state index contributed by atoms with van der Waals surface area (Å²) in [5.74, 6) is 0.520. The highest BCUT2D eigenvalue weighted by molar-refractivity contribution is 6.38. The number of nitrogens with one attached hydrogen (secondary N) is 2. The molecular formula is C42H28Cl4N4. The highest BCUT2D eigenvalue weighted by Gasteiger charge is 2.54. The minimum Gasteiger partial charge on any atom is -0.352 e. The summed E-state index contributed by atoms with van der Waals surface area (Å²) in [6.45, 7) is 0. The van der Waals surface area contributed by atoms with Crippen LogP contribution in [0.4, 0.5) is 5.95 Å². The maximum atomic E-state index is 7.24. The van der Waals surface area contributed by atoms with Crippen LogP contribution in [-0.4, -0.2) is 9.97 Å². The van der Waals surface area contributed by atoms with Crippen LogP contribution in [0.5, 0.6) is 0 Å². The molecule has 244 valence electrons. The summed E-state index contributed by atoms with van der Waals surface area (Å²) in [5.41, 5.74) is 6.76. The van der Waals surface area contributed by atoms with Gasteiger partial charge in [0.15, 0.2) is 5.66 Å². The second-order valence-electron chi connectivity index (χ2n) is 11.8. The lowest BCUT2D eigenvalue weighted by atomic mass is 9.89. The summed E-state index contributed by atoms with van der Waals surface area (Å²) in [4.78, 5) is 11.3. The Morgan fingerprint density at radius 2 is 0.880 bits per heavy atom. The number of rotatable bonds is 7. The van der Waals surface area contributed by atoms with E-state index in [0.29, 0.717) is 37.2 Å². The smallest absolute Gasteiger partial charge is 0.211 e. The van der Waals surface area contributed by atoms with Gasteiger partial charge < -0.3 is 10.3 Å². The number of nitrogens with zero attached hydrogens (tertiary/aromatic N) is 2. The normalized spacial score (nSPS) is 13.8. The largest absolute Gasteiger partial charge is 0.352 e. The van der Waals surface area contributed by atoms with Gasteiger partial charge in [0.25, 0.3) is 0 Å². The third-order valence-corrected chi connectivity index (χ3v) is 10.1. The second-order valence-corrected chi connectivity index (χ2v) is 13.5. The zero-order valence-corrected chi connectivity index (χ0v) is 29.4. The van der Waals surface area contributed by atoms with Crippen LogP contribution in [0.1, 0.15) is 22.3 Å². The van der Waals surface area contributed by atoms with E-state index in [-0.39, 0.29) is 0 Å². The number of H-pyrrole nitrogens is 1. The molecule has 1 aliphatic heterocycles. The van der Waals surface area contributed by atoms with Gasteiger partial charge in [-0.25, -0.2) is 4.98 Å². The van der Waals surface area contributed by atoms with E-state index in [1.807, 2.05) is 109 Å². The molecule has 0 bridgehead atoms. The maximum Gasteiger partial charge on any atom is 0.211 e. The van der Waals surface area contributed by atoms with Crippen molar-refractivity contribution in [2.24, 2.45) is 0 Å². The molecule has 0 radical (unpaired) electrons. The number of halogens is 4. The van der Waals surface area contributed by atoms with Crippen LogP contribution in [0, 0.1) is 0 Å². The van der Waals surface area contributed by atoms with E-state index in [1.165, 1.54) is 0 Å². The van der Waals surface area contributed by atoms with Crippen molar-refractivity contribution in [1.29, 1.82) is 0 Å². The molecule has 0 amide bonds. The summed E-state index contributed by atoms with van der Waals surface area (Å²) in [7, 11) is 0. The number of imidazole rings is 1. The van der Waals surface area contributed by atoms with Gasteiger partial charge >= 0.3 is 0 Å². The molecule has 2 N–H and O–H groups in total. The molecule has 8 heteroatoms. The SMILES string of the molecule is Clc1cccc(Cl)c1C1(c2c(Cl)cccc2Cl)NC(c2ccccc2)=C(c2ccccc2)N1c1nc(-c2ccccc2)c(-c2ccccc2)[nH]1.